The molecule has 3 heteroatoms. The van der Waals surface area contributed by atoms with Gasteiger partial charge in [-0.3, -0.25) is 4.79 Å². The number of hydrogen-bond acceptors (Lipinski definition) is 2. The van der Waals surface area contributed by atoms with E-state index in [4.69, 9.17) is 5.73 Å². The number of anilines is 1. The van der Waals surface area contributed by atoms with Crippen molar-refractivity contribution in [3.05, 3.63) is 42.5 Å². The van der Waals surface area contributed by atoms with Crippen molar-refractivity contribution in [2.75, 3.05) is 5.32 Å². The fraction of sp³-hybridized carbons (Fsp3) is 0.214. The van der Waals surface area contributed by atoms with E-state index in [9.17, 15) is 4.79 Å². The minimum atomic E-state index is 0.00136. The Hall–Kier alpha value is -1.87. The molecule has 1 fully saturated rings. The van der Waals surface area contributed by atoms with Gasteiger partial charge >= 0.3 is 0 Å². The predicted octanol–water partition coefficient (Wildman–Crippen LogP) is 2.13. The quantitative estimate of drug-likeness (QED) is 0.824. The van der Waals surface area contributed by atoms with Crippen molar-refractivity contribution >= 4 is 22.4 Å². The molecule has 3 rings (SSSR count). The predicted molar refractivity (Wildman–Crippen MR) is 68.7 cm³/mol. The van der Waals surface area contributed by atoms with Gasteiger partial charge in [0.05, 0.1) is 5.92 Å². The summed E-state index contributed by atoms with van der Waals surface area (Å²) in [5, 5.41) is 5.21. The number of carbonyl (C=O) groups is 1. The number of benzene rings is 2. The average molecular weight is 226 g/mol. The maximum absolute atomic E-state index is 11.7. The SMILES string of the molecule is NC1CC1C(=O)Nc1ccc2ccccc2c1. The molecule has 0 aliphatic heterocycles. The van der Waals surface area contributed by atoms with Gasteiger partial charge in [0.1, 0.15) is 0 Å². The Bertz CT molecular complexity index is 579. The van der Waals surface area contributed by atoms with Crippen molar-refractivity contribution in [1.29, 1.82) is 0 Å². The van der Waals surface area contributed by atoms with Crippen molar-refractivity contribution in [2.24, 2.45) is 11.7 Å². The highest BCUT2D eigenvalue weighted by molar-refractivity contribution is 5.97. The van der Waals surface area contributed by atoms with Crippen LogP contribution in [0.5, 0.6) is 0 Å². The summed E-state index contributed by atoms with van der Waals surface area (Å²) >= 11 is 0. The molecule has 2 aromatic carbocycles. The Balaban J connectivity index is 1.83. The van der Waals surface area contributed by atoms with Crippen molar-refractivity contribution in [1.82, 2.24) is 0 Å². The van der Waals surface area contributed by atoms with Crippen molar-refractivity contribution in [2.45, 2.75) is 12.5 Å². The minimum absolute atomic E-state index is 0.00136. The fourth-order valence-electron chi connectivity index (χ4n) is 2.02. The van der Waals surface area contributed by atoms with E-state index in [1.807, 2.05) is 36.4 Å². The smallest absolute Gasteiger partial charge is 0.229 e. The second kappa shape index (κ2) is 3.86. The zero-order chi connectivity index (χ0) is 11.8. The summed E-state index contributed by atoms with van der Waals surface area (Å²) in [5.74, 6) is 0.0363. The lowest BCUT2D eigenvalue weighted by atomic mass is 10.1. The van der Waals surface area contributed by atoms with E-state index in [1.165, 1.54) is 5.39 Å². The molecule has 3 N–H and O–H groups in total. The number of amides is 1. The second-order valence-electron chi connectivity index (χ2n) is 4.56. The standard InChI is InChI=1S/C14H14N2O/c15-13-8-12(13)14(17)16-11-6-5-9-3-1-2-4-10(9)7-11/h1-7,12-13H,8,15H2,(H,16,17). The number of fused-ring (bicyclic) bond motifs is 1. The molecule has 1 aliphatic rings. The average Bonchev–Trinajstić information content (AvgIpc) is 3.06. The van der Waals surface area contributed by atoms with Crippen LogP contribution in [0, 0.1) is 5.92 Å². The van der Waals surface area contributed by atoms with E-state index in [-0.39, 0.29) is 17.9 Å². The minimum Gasteiger partial charge on any atom is -0.327 e. The lowest BCUT2D eigenvalue weighted by Gasteiger charge is -2.05. The molecule has 1 saturated carbocycles. The van der Waals surface area contributed by atoms with Crippen molar-refractivity contribution in [3.8, 4) is 0 Å². The molecule has 2 aromatic rings. The first-order valence-electron chi connectivity index (χ1n) is 5.79. The van der Waals surface area contributed by atoms with E-state index in [0.29, 0.717) is 0 Å². The van der Waals surface area contributed by atoms with E-state index < -0.39 is 0 Å². The molecule has 1 aliphatic carbocycles. The third-order valence-corrected chi connectivity index (χ3v) is 3.19. The highest BCUT2D eigenvalue weighted by Crippen LogP contribution is 2.29. The normalized spacial score (nSPS) is 22.4. The molecule has 0 spiro atoms. The van der Waals surface area contributed by atoms with Gasteiger partial charge in [0.15, 0.2) is 0 Å². The van der Waals surface area contributed by atoms with Crippen LogP contribution in [0.1, 0.15) is 6.42 Å². The highest BCUT2D eigenvalue weighted by atomic mass is 16.2. The van der Waals surface area contributed by atoms with Gasteiger partial charge in [-0.05, 0) is 29.3 Å². The van der Waals surface area contributed by atoms with Gasteiger partial charge in [-0.2, -0.15) is 0 Å². The largest absolute Gasteiger partial charge is 0.327 e. The lowest BCUT2D eigenvalue weighted by Crippen LogP contribution is -2.18. The summed E-state index contributed by atoms with van der Waals surface area (Å²) in [6, 6.07) is 14.1. The topological polar surface area (TPSA) is 55.1 Å². The molecule has 3 nitrogen and oxygen atoms in total. The third-order valence-electron chi connectivity index (χ3n) is 3.19. The zero-order valence-corrected chi connectivity index (χ0v) is 9.39. The van der Waals surface area contributed by atoms with Gasteiger partial charge < -0.3 is 11.1 Å². The zero-order valence-electron chi connectivity index (χ0n) is 9.39. The molecule has 0 bridgehead atoms. The van der Waals surface area contributed by atoms with Crippen LogP contribution in [0.3, 0.4) is 0 Å². The van der Waals surface area contributed by atoms with Crippen LogP contribution in [0.15, 0.2) is 42.5 Å². The molecule has 1 amide bonds. The van der Waals surface area contributed by atoms with Crippen LogP contribution in [0.2, 0.25) is 0 Å². The maximum Gasteiger partial charge on any atom is 0.229 e. The first kappa shape index (κ1) is 10.3. The van der Waals surface area contributed by atoms with Crippen LogP contribution in [0.25, 0.3) is 10.8 Å². The number of carbonyl (C=O) groups excluding carboxylic acids is 1. The molecule has 17 heavy (non-hydrogen) atoms. The maximum atomic E-state index is 11.7. The number of nitrogens with one attached hydrogen (secondary N) is 1. The van der Waals surface area contributed by atoms with Gasteiger partial charge in [-0.1, -0.05) is 30.3 Å². The summed E-state index contributed by atoms with van der Waals surface area (Å²) in [6.45, 7) is 0. The number of rotatable bonds is 2. The number of nitrogens with two attached hydrogens (primary N) is 1. The third kappa shape index (κ3) is 2.01. The fourth-order valence-corrected chi connectivity index (χ4v) is 2.02. The molecular formula is C14H14N2O. The van der Waals surface area contributed by atoms with Gasteiger partial charge in [-0.15, -0.1) is 0 Å². The first-order valence-corrected chi connectivity index (χ1v) is 5.79. The number of hydrogen-bond donors (Lipinski definition) is 2. The van der Waals surface area contributed by atoms with E-state index in [1.54, 1.807) is 0 Å². The molecule has 2 atom stereocenters. The van der Waals surface area contributed by atoms with Crippen molar-refractivity contribution < 1.29 is 4.79 Å². The second-order valence-corrected chi connectivity index (χ2v) is 4.56. The summed E-state index contributed by atoms with van der Waals surface area (Å²) in [5.41, 5.74) is 6.49. The first-order chi connectivity index (χ1) is 8.24. The molecule has 2 unspecified atom stereocenters. The molecule has 0 radical (unpaired) electrons. The van der Waals surface area contributed by atoms with Crippen LogP contribution < -0.4 is 11.1 Å². The molecule has 86 valence electrons. The monoisotopic (exact) mass is 226 g/mol. The molecule has 0 heterocycles. The van der Waals surface area contributed by atoms with Gasteiger partial charge in [0.25, 0.3) is 0 Å². The summed E-state index contributed by atoms with van der Waals surface area (Å²) < 4.78 is 0. The Kier molecular flexibility index (Phi) is 2.34. The van der Waals surface area contributed by atoms with Crippen LogP contribution in [-0.2, 0) is 4.79 Å². The Morgan fingerprint density at radius 3 is 2.59 bits per heavy atom. The van der Waals surface area contributed by atoms with Gasteiger partial charge in [0, 0.05) is 11.7 Å². The summed E-state index contributed by atoms with van der Waals surface area (Å²) in [7, 11) is 0. The molecule has 0 aromatic heterocycles. The van der Waals surface area contributed by atoms with E-state index in [2.05, 4.69) is 11.4 Å². The van der Waals surface area contributed by atoms with Crippen LogP contribution in [0.4, 0.5) is 5.69 Å². The van der Waals surface area contributed by atoms with E-state index in [0.717, 1.165) is 17.5 Å². The lowest BCUT2D eigenvalue weighted by molar-refractivity contribution is -0.117. The molecular weight excluding hydrogens is 212 g/mol. The highest BCUT2D eigenvalue weighted by Gasteiger charge is 2.39. The summed E-state index contributed by atoms with van der Waals surface area (Å²) in [6.07, 6.45) is 0.805. The Morgan fingerprint density at radius 1 is 1.18 bits per heavy atom. The van der Waals surface area contributed by atoms with Gasteiger partial charge in [0.2, 0.25) is 5.91 Å². The van der Waals surface area contributed by atoms with Crippen LogP contribution in [-0.4, -0.2) is 11.9 Å². The Labute approximate surface area is 99.6 Å². The van der Waals surface area contributed by atoms with E-state index >= 15 is 0 Å². The van der Waals surface area contributed by atoms with Crippen molar-refractivity contribution in [3.63, 3.8) is 0 Å². The Morgan fingerprint density at radius 2 is 1.88 bits per heavy atom. The van der Waals surface area contributed by atoms with Gasteiger partial charge in [-0.25, -0.2) is 0 Å². The van der Waals surface area contributed by atoms with Crippen LogP contribution >= 0.6 is 0 Å². The molecule has 0 saturated heterocycles. The summed E-state index contributed by atoms with van der Waals surface area (Å²) in [4.78, 5) is 11.7.